The van der Waals surface area contributed by atoms with Crippen LogP contribution in [0.15, 0.2) is 18.3 Å². The summed E-state index contributed by atoms with van der Waals surface area (Å²) in [6, 6.07) is 3.30. The van der Waals surface area contributed by atoms with Crippen LogP contribution in [0.5, 0.6) is 5.88 Å². The Morgan fingerprint density at radius 2 is 2.14 bits per heavy atom. The third-order valence-corrected chi connectivity index (χ3v) is 3.90. The third kappa shape index (κ3) is 5.14. The molecule has 22 heavy (non-hydrogen) atoms. The van der Waals surface area contributed by atoms with Gasteiger partial charge in [-0.05, 0) is 37.7 Å². The Kier molecular flexibility index (Phi) is 7.62. The van der Waals surface area contributed by atoms with Crippen molar-refractivity contribution in [2.24, 2.45) is 11.7 Å². The van der Waals surface area contributed by atoms with Gasteiger partial charge in [-0.3, -0.25) is 4.79 Å². The lowest BCUT2D eigenvalue weighted by molar-refractivity contribution is -0.123. The number of halogens is 1. The van der Waals surface area contributed by atoms with Crippen molar-refractivity contribution >= 4 is 18.3 Å². The normalized spacial score (nSPS) is 16.2. The predicted molar refractivity (Wildman–Crippen MR) is 89.0 cm³/mol. The highest BCUT2D eigenvalue weighted by Crippen LogP contribution is 2.24. The van der Waals surface area contributed by atoms with Gasteiger partial charge < -0.3 is 15.8 Å². The molecule has 1 fully saturated rings. The number of hydrogen-bond acceptors (Lipinski definition) is 4. The number of carbonyl (C=O) groups is 1. The van der Waals surface area contributed by atoms with Gasteiger partial charge in [-0.25, -0.2) is 4.98 Å². The number of nitrogens with two attached hydrogens (primary N) is 1. The van der Waals surface area contributed by atoms with Gasteiger partial charge in [-0.1, -0.05) is 19.9 Å². The lowest BCUT2D eigenvalue weighted by Crippen LogP contribution is -2.43. The highest BCUT2D eigenvalue weighted by molar-refractivity contribution is 5.85. The quantitative estimate of drug-likeness (QED) is 0.841. The number of nitrogens with zero attached hydrogens (tertiary/aromatic N) is 1. The second kappa shape index (κ2) is 8.96. The largest absolute Gasteiger partial charge is 0.474 e. The minimum Gasteiger partial charge on any atom is -0.474 e. The number of rotatable bonds is 6. The van der Waals surface area contributed by atoms with E-state index in [9.17, 15) is 4.79 Å². The molecule has 0 radical (unpaired) electrons. The summed E-state index contributed by atoms with van der Waals surface area (Å²) in [5.41, 5.74) is 6.73. The molecule has 3 N–H and O–H groups in total. The Morgan fingerprint density at radius 3 is 2.77 bits per heavy atom. The molecule has 0 bridgehead atoms. The van der Waals surface area contributed by atoms with Crippen molar-refractivity contribution in [1.82, 2.24) is 10.3 Å². The smallest absolute Gasteiger partial charge is 0.237 e. The number of pyridine rings is 1. The molecule has 1 aliphatic rings. The number of ether oxygens (including phenoxy) is 1. The fourth-order valence-electron chi connectivity index (χ4n) is 2.43. The van der Waals surface area contributed by atoms with Gasteiger partial charge in [-0.15, -0.1) is 12.4 Å². The number of carbonyl (C=O) groups excluding carboxylic acids is 1. The van der Waals surface area contributed by atoms with Crippen LogP contribution in [0.1, 0.15) is 45.1 Å². The molecule has 1 aromatic rings. The third-order valence-electron chi connectivity index (χ3n) is 3.90. The SMILES string of the molecule is CC(C)[C@H](N)C(=O)NCc1cccnc1OC1CCCC1.Cl. The first-order chi connectivity index (χ1) is 10.1. The van der Waals surface area contributed by atoms with Gasteiger partial charge >= 0.3 is 0 Å². The molecular weight excluding hydrogens is 302 g/mol. The molecule has 124 valence electrons. The van der Waals surface area contributed by atoms with Crippen LogP contribution < -0.4 is 15.8 Å². The predicted octanol–water partition coefficient (Wildman–Crippen LogP) is 2.42. The molecule has 1 saturated carbocycles. The molecular formula is C16H26ClN3O2. The molecule has 0 unspecified atom stereocenters. The van der Waals surface area contributed by atoms with Gasteiger partial charge in [-0.2, -0.15) is 0 Å². The molecule has 1 aliphatic carbocycles. The summed E-state index contributed by atoms with van der Waals surface area (Å²) in [6.45, 7) is 4.26. The molecule has 1 aromatic heterocycles. The summed E-state index contributed by atoms with van der Waals surface area (Å²) >= 11 is 0. The maximum atomic E-state index is 11.9. The number of amides is 1. The number of hydrogen-bond donors (Lipinski definition) is 2. The van der Waals surface area contributed by atoms with Crippen molar-refractivity contribution in [2.75, 3.05) is 0 Å². The summed E-state index contributed by atoms with van der Waals surface area (Å²) in [7, 11) is 0. The average molecular weight is 328 g/mol. The van der Waals surface area contributed by atoms with E-state index in [2.05, 4.69) is 10.3 Å². The van der Waals surface area contributed by atoms with E-state index in [0.717, 1.165) is 18.4 Å². The van der Waals surface area contributed by atoms with Gasteiger partial charge in [0.25, 0.3) is 0 Å². The Labute approximate surface area is 138 Å². The van der Waals surface area contributed by atoms with E-state index < -0.39 is 6.04 Å². The molecule has 0 aromatic carbocycles. The Morgan fingerprint density at radius 1 is 1.45 bits per heavy atom. The van der Waals surface area contributed by atoms with Gasteiger partial charge in [0.05, 0.1) is 6.04 Å². The monoisotopic (exact) mass is 327 g/mol. The van der Waals surface area contributed by atoms with Crippen molar-refractivity contribution in [2.45, 2.75) is 58.2 Å². The van der Waals surface area contributed by atoms with E-state index in [-0.39, 0.29) is 30.3 Å². The standard InChI is InChI=1S/C16H25N3O2.ClH/c1-11(2)14(17)15(20)19-10-12-6-5-9-18-16(12)21-13-7-3-4-8-13;/h5-6,9,11,13-14H,3-4,7-8,10,17H2,1-2H3,(H,19,20);1H/t14-;/m0./s1. The summed E-state index contributed by atoms with van der Waals surface area (Å²) in [6.07, 6.45) is 6.57. The van der Waals surface area contributed by atoms with Crippen LogP contribution in [0.4, 0.5) is 0 Å². The first-order valence-electron chi connectivity index (χ1n) is 7.71. The lowest BCUT2D eigenvalue weighted by atomic mass is 10.1. The van der Waals surface area contributed by atoms with Gasteiger partial charge in [0.1, 0.15) is 6.10 Å². The van der Waals surface area contributed by atoms with Crippen LogP contribution in [0.25, 0.3) is 0 Å². The topological polar surface area (TPSA) is 77.2 Å². The van der Waals surface area contributed by atoms with E-state index in [0.29, 0.717) is 12.4 Å². The minimum atomic E-state index is -0.485. The maximum absolute atomic E-state index is 11.9. The molecule has 6 heteroatoms. The molecule has 0 spiro atoms. The van der Waals surface area contributed by atoms with Crippen LogP contribution in [0.3, 0.4) is 0 Å². The molecule has 1 amide bonds. The van der Waals surface area contributed by atoms with Crippen molar-refractivity contribution in [1.29, 1.82) is 0 Å². The van der Waals surface area contributed by atoms with Gasteiger partial charge in [0, 0.05) is 18.3 Å². The zero-order valence-corrected chi connectivity index (χ0v) is 14.1. The van der Waals surface area contributed by atoms with Crippen LogP contribution >= 0.6 is 12.4 Å². The lowest BCUT2D eigenvalue weighted by Gasteiger charge is -2.17. The summed E-state index contributed by atoms with van der Waals surface area (Å²) in [4.78, 5) is 16.2. The highest BCUT2D eigenvalue weighted by atomic mass is 35.5. The second-order valence-corrected chi connectivity index (χ2v) is 5.98. The Bertz CT molecular complexity index is 476. The van der Waals surface area contributed by atoms with Crippen molar-refractivity contribution < 1.29 is 9.53 Å². The van der Waals surface area contributed by atoms with Crippen molar-refractivity contribution in [3.05, 3.63) is 23.9 Å². The van der Waals surface area contributed by atoms with Crippen molar-refractivity contribution in [3.8, 4) is 5.88 Å². The zero-order valence-electron chi connectivity index (χ0n) is 13.2. The molecule has 2 rings (SSSR count). The van der Waals surface area contributed by atoms with Gasteiger partial charge in [0.15, 0.2) is 0 Å². The van der Waals surface area contributed by atoms with Crippen LogP contribution in [0, 0.1) is 5.92 Å². The van der Waals surface area contributed by atoms with Crippen LogP contribution in [0.2, 0.25) is 0 Å². The first kappa shape index (κ1) is 18.7. The molecule has 1 heterocycles. The number of aromatic nitrogens is 1. The highest BCUT2D eigenvalue weighted by Gasteiger charge is 2.20. The molecule has 0 aliphatic heterocycles. The molecule has 1 atom stereocenters. The minimum absolute atomic E-state index is 0. The second-order valence-electron chi connectivity index (χ2n) is 5.98. The number of nitrogens with one attached hydrogen (secondary N) is 1. The summed E-state index contributed by atoms with van der Waals surface area (Å²) in [5.74, 6) is 0.608. The fourth-order valence-corrected chi connectivity index (χ4v) is 2.43. The molecule has 5 nitrogen and oxygen atoms in total. The summed E-state index contributed by atoms with van der Waals surface area (Å²) in [5, 5.41) is 2.86. The summed E-state index contributed by atoms with van der Waals surface area (Å²) < 4.78 is 5.95. The van der Waals surface area contributed by atoms with Crippen molar-refractivity contribution in [3.63, 3.8) is 0 Å². The Hall–Kier alpha value is -1.33. The van der Waals surface area contributed by atoms with Crippen LogP contribution in [-0.4, -0.2) is 23.0 Å². The zero-order chi connectivity index (χ0) is 15.2. The molecule has 0 saturated heterocycles. The van der Waals surface area contributed by atoms with Gasteiger partial charge in [0.2, 0.25) is 11.8 Å². The van der Waals surface area contributed by atoms with E-state index in [1.165, 1.54) is 12.8 Å². The Balaban J connectivity index is 0.00000242. The van der Waals surface area contributed by atoms with E-state index >= 15 is 0 Å². The maximum Gasteiger partial charge on any atom is 0.237 e. The first-order valence-corrected chi connectivity index (χ1v) is 7.71. The van der Waals surface area contributed by atoms with E-state index in [4.69, 9.17) is 10.5 Å². The van der Waals surface area contributed by atoms with E-state index in [1.807, 2.05) is 26.0 Å². The van der Waals surface area contributed by atoms with Crippen LogP contribution in [-0.2, 0) is 11.3 Å². The average Bonchev–Trinajstić information content (AvgIpc) is 2.98. The van der Waals surface area contributed by atoms with E-state index in [1.54, 1.807) is 6.20 Å². The fraction of sp³-hybridized carbons (Fsp3) is 0.625.